The van der Waals surface area contributed by atoms with Crippen LogP contribution in [0.1, 0.15) is 63.1 Å². The van der Waals surface area contributed by atoms with E-state index in [1.165, 1.54) is 10.6 Å². The number of hydrogen-bond donors (Lipinski definition) is 1. The number of halogens is 1. The van der Waals surface area contributed by atoms with Crippen molar-refractivity contribution in [1.29, 1.82) is 0 Å². The molecule has 0 aliphatic carbocycles. The highest BCUT2D eigenvalue weighted by Crippen LogP contribution is 2.25. The smallest absolute Gasteiger partial charge is 0.243 e. The Bertz CT molecular complexity index is 1170. The van der Waals surface area contributed by atoms with Gasteiger partial charge < -0.3 is 10.2 Å². The topological polar surface area (TPSA) is 86.8 Å². The molecule has 0 fully saturated rings. The van der Waals surface area contributed by atoms with E-state index in [4.69, 9.17) is 11.6 Å². The van der Waals surface area contributed by atoms with Gasteiger partial charge in [0.25, 0.3) is 0 Å². The summed E-state index contributed by atoms with van der Waals surface area (Å²) in [6.45, 7) is 10.1. The Morgan fingerprint density at radius 2 is 1.68 bits per heavy atom. The van der Waals surface area contributed by atoms with Gasteiger partial charge in [0.2, 0.25) is 21.8 Å². The second-order valence-electron chi connectivity index (χ2n) is 9.55. The first-order chi connectivity index (χ1) is 17.4. The highest BCUT2D eigenvalue weighted by molar-refractivity contribution is 7.92. The van der Waals surface area contributed by atoms with Crippen LogP contribution in [0.25, 0.3) is 0 Å². The fraction of sp³-hybridized carbons (Fsp3) is 0.500. The van der Waals surface area contributed by atoms with E-state index in [9.17, 15) is 18.0 Å². The predicted octanol–water partition coefficient (Wildman–Crippen LogP) is 5.23. The van der Waals surface area contributed by atoms with Crippen LogP contribution in [-0.2, 0) is 26.2 Å². The molecule has 0 bridgehead atoms. The van der Waals surface area contributed by atoms with Crippen molar-refractivity contribution < 1.29 is 18.0 Å². The number of sulfonamides is 1. The highest BCUT2D eigenvalue weighted by atomic mass is 35.5. The normalized spacial score (nSPS) is 13.1. The van der Waals surface area contributed by atoms with Crippen molar-refractivity contribution in [3.8, 4) is 0 Å². The molecule has 0 aliphatic heterocycles. The van der Waals surface area contributed by atoms with Crippen LogP contribution in [0.2, 0.25) is 5.02 Å². The summed E-state index contributed by atoms with van der Waals surface area (Å²) in [4.78, 5) is 28.2. The SMILES string of the molecule is CC[C@H](C)NC(=O)[C@H](CC)N(Cc1ccc(Cl)cc1)C(=O)CCCN(c1cccc(C)c1C)S(C)(=O)=O. The average molecular weight is 550 g/mol. The largest absolute Gasteiger partial charge is 0.352 e. The van der Waals surface area contributed by atoms with Gasteiger partial charge in [0.1, 0.15) is 6.04 Å². The number of aryl methyl sites for hydroxylation is 1. The molecule has 2 amide bonds. The van der Waals surface area contributed by atoms with Gasteiger partial charge in [-0.15, -0.1) is 0 Å². The third kappa shape index (κ3) is 8.75. The van der Waals surface area contributed by atoms with Crippen LogP contribution in [0.15, 0.2) is 42.5 Å². The molecule has 2 aromatic carbocycles. The van der Waals surface area contributed by atoms with E-state index in [1.807, 2.05) is 58.9 Å². The van der Waals surface area contributed by atoms with Crippen molar-refractivity contribution >= 4 is 39.1 Å². The van der Waals surface area contributed by atoms with E-state index in [1.54, 1.807) is 23.1 Å². The van der Waals surface area contributed by atoms with Gasteiger partial charge in [-0.1, -0.05) is 49.7 Å². The third-order valence-electron chi connectivity index (χ3n) is 6.65. The lowest BCUT2D eigenvalue weighted by molar-refractivity contribution is -0.141. The standard InChI is InChI=1S/C28H40ClN3O4S/c1-7-21(4)30-28(34)25(8-2)31(19-23-14-16-24(29)17-15-23)27(33)13-10-18-32(37(6,35)36)26-12-9-11-20(3)22(26)5/h9,11-12,14-17,21,25H,7-8,10,13,18-19H2,1-6H3,(H,30,34)/t21-,25-/m0/s1. The van der Waals surface area contributed by atoms with Gasteiger partial charge in [0.05, 0.1) is 11.9 Å². The Morgan fingerprint density at radius 1 is 1.03 bits per heavy atom. The molecule has 1 N–H and O–H groups in total. The fourth-order valence-corrected chi connectivity index (χ4v) is 5.28. The molecule has 204 valence electrons. The van der Waals surface area contributed by atoms with Gasteiger partial charge in [0.15, 0.2) is 0 Å². The molecule has 0 spiro atoms. The number of amides is 2. The van der Waals surface area contributed by atoms with Crippen LogP contribution in [-0.4, -0.2) is 50.0 Å². The van der Waals surface area contributed by atoms with Crippen LogP contribution in [0.4, 0.5) is 5.69 Å². The minimum absolute atomic E-state index is 0.00470. The average Bonchev–Trinajstić information content (AvgIpc) is 2.84. The molecule has 0 heterocycles. The molecule has 0 aromatic heterocycles. The fourth-order valence-electron chi connectivity index (χ4n) is 4.14. The van der Waals surface area contributed by atoms with E-state index >= 15 is 0 Å². The van der Waals surface area contributed by atoms with Crippen LogP contribution in [0.5, 0.6) is 0 Å². The molecule has 0 unspecified atom stereocenters. The van der Waals surface area contributed by atoms with Crippen molar-refractivity contribution in [2.45, 2.75) is 78.9 Å². The van der Waals surface area contributed by atoms with E-state index in [-0.39, 0.29) is 37.4 Å². The van der Waals surface area contributed by atoms with E-state index in [0.29, 0.717) is 23.6 Å². The summed E-state index contributed by atoms with van der Waals surface area (Å²) in [5.74, 6) is -0.386. The molecule has 2 rings (SSSR count). The van der Waals surface area contributed by atoms with E-state index in [2.05, 4.69) is 5.32 Å². The molecule has 2 aromatic rings. The molecular formula is C28H40ClN3O4S. The lowest BCUT2D eigenvalue weighted by Gasteiger charge is -2.32. The van der Waals surface area contributed by atoms with Gasteiger partial charge >= 0.3 is 0 Å². The molecule has 37 heavy (non-hydrogen) atoms. The maximum absolute atomic E-state index is 13.5. The number of anilines is 1. The summed E-state index contributed by atoms with van der Waals surface area (Å²) in [5.41, 5.74) is 3.36. The van der Waals surface area contributed by atoms with Crippen molar-refractivity contribution in [2.24, 2.45) is 0 Å². The Hall–Kier alpha value is -2.58. The molecule has 0 aliphatic rings. The first-order valence-corrected chi connectivity index (χ1v) is 15.0. The van der Waals surface area contributed by atoms with Gasteiger partial charge in [-0.3, -0.25) is 13.9 Å². The Kier molecular flexibility index (Phi) is 11.4. The van der Waals surface area contributed by atoms with Gasteiger partial charge in [0, 0.05) is 30.6 Å². The molecule has 0 saturated carbocycles. The number of carbonyl (C=O) groups excluding carboxylic acids is 2. The van der Waals surface area contributed by atoms with E-state index in [0.717, 1.165) is 23.1 Å². The van der Waals surface area contributed by atoms with Crippen LogP contribution in [0.3, 0.4) is 0 Å². The summed E-state index contributed by atoms with van der Waals surface area (Å²) in [5, 5.41) is 3.59. The van der Waals surface area contributed by atoms with Crippen molar-refractivity contribution in [1.82, 2.24) is 10.2 Å². The van der Waals surface area contributed by atoms with Gasteiger partial charge in [-0.25, -0.2) is 8.42 Å². The number of benzene rings is 2. The summed E-state index contributed by atoms with van der Waals surface area (Å²) < 4.78 is 26.6. The molecule has 0 radical (unpaired) electrons. The second-order valence-corrected chi connectivity index (χ2v) is 11.9. The van der Waals surface area contributed by atoms with Crippen LogP contribution < -0.4 is 9.62 Å². The lowest BCUT2D eigenvalue weighted by atomic mass is 10.1. The Labute approximate surface area is 227 Å². The summed E-state index contributed by atoms with van der Waals surface area (Å²) in [6.07, 6.45) is 2.85. The Morgan fingerprint density at radius 3 is 2.24 bits per heavy atom. The number of nitrogens with zero attached hydrogens (tertiary/aromatic N) is 2. The first-order valence-electron chi connectivity index (χ1n) is 12.8. The Balaban J connectivity index is 2.25. The summed E-state index contributed by atoms with van der Waals surface area (Å²) in [7, 11) is -3.55. The predicted molar refractivity (Wildman–Crippen MR) is 151 cm³/mol. The maximum atomic E-state index is 13.5. The number of rotatable bonds is 13. The minimum Gasteiger partial charge on any atom is -0.352 e. The zero-order chi connectivity index (χ0) is 27.8. The molecular weight excluding hydrogens is 510 g/mol. The van der Waals surface area contributed by atoms with Crippen LogP contribution >= 0.6 is 11.6 Å². The summed E-state index contributed by atoms with van der Waals surface area (Å²) >= 11 is 6.03. The zero-order valence-electron chi connectivity index (χ0n) is 22.8. The van der Waals surface area contributed by atoms with Crippen LogP contribution in [0, 0.1) is 13.8 Å². The van der Waals surface area contributed by atoms with Crippen molar-refractivity contribution in [3.05, 3.63) is 64.2 Å². The zero-order valence-corrected chi connectivity index (χ0v) is 24.3. The third-order valence-corrected chi connectivity index (χ3v) is 8.08. The number of nitrogens with one attached hydrogen (secondary N) is 1. The highest BCUT2D eigenvalue weighted by Gasteiger charge is 2.29. The van der Waals surface area contributed by atoms with Crippen molar-refractivity contribution in [3.63, 3.8) is 0 Å². The van der Waals surface area contributed by atoms with Crippen molar-refractivity contribution in [2.75, 3.05) is 17.1 Å². The maximum Gasteiger partial charge on any atom is 0.243 e. The second kappa shape index (κ2) is 13.8. The quantitative estimate of drug-likeness (QED) is 0.371. The summed E-state index contributed by atoms with van der Waals surface area (Å²) in [6, 6.07) is 12.1. The monoisotopic (exact) mass is 549 g/mol. The lowest BCUT2D eigenvalue weighted by Crippen LogP contribution is -2.50. The van der Waals surface area contributed by atoms with E-state index < -0.39 is 16.1 Å². The van der Waals surface area contributed by atoms with Gasteiger partial charge in [-0.05, 0) is 74.9 Å². The molecule has 7 nitrogen and oxygen atoms in total. The minimum atomic E-state index is -3.55. The number of carbonyl (C=O) groups is 2. The molecule has 9 heteroatoms. The molecule has 2 atom stereocenters. The molecule has 0 saturated heterocycles. The van der Waals surface area contributed by atoms with Gasteiger partial charge in [-0.2, -0.15) is 0 Å². The first kappa shape index (κ1) is 30.6. The number of hydrogen-bond acceptors (Lipinski definition) is 4.